The Labute approximate surface area is 112 Å². The predicted octanol–water partition coefficient (Wildman–Crippen LogP) is 2.54. The van der Waals surface area contributed by atoms with Crippen molar-refractivity contribution in [1.29, 1.82) is 0 Å². The second-order valence-corrected chi connectivity index (χ2v) is 4.32. The van der Waals surface area contributed by atoms with Gasteiger partial charge in [0.05, 0.1) is 7.11 Å². The lowest BCUT2D eigenvalue weighted by Gasteiger charge is -2.15. The SMILES string of the molecule is CCC(CCCl)NC(=O)c1ccc(OC)c(O)c1. The number of alkyl halides is 1. The van der Waals surface area contributed by atoms with E-state index >= 15 is 0 Å². The summed E-state index contributed by atoms with van der Waals surface area (Å²) in [5, 5.41) is 12.5. The van der Waals surface area contributed by atoms with Crippen molar-refractivity contribution in [3.8, 4) is 11.5 Å². The molecule has 0 aliphatic rings. The van der Waals surface area contributed by atoms with E-state index in [1.54, 1.807) is 12.1 Å². The molecule has 0 radical (unpaired) electrons. The van der Waals surface area contributed by atoms with Crippen LogP contribution in [0.2, 0.25) is 0 Å². The topological polar surface area (TPSA) is 58.6 Å². The number of nitrogens with one attached hydrogen (secondary N) is 1. The van der Waals surface area contributed by atoms with Gasteiger partial charge in [-0.15, -0.1) is 11.6 Å². The lowest BCUT2D eigenvalue weighted by molar-refractivity contribution is 0.0934. The lowest BCUT2D eigenvalue weighted by Crippen LogP contribution is -2.34. The number of methoxy groups -OCH3 is 1. The molecule has 0 heterocycles. The summed E-state index contributed by atoms with van der Waals surface area (Å²) in [6.07, 6.45) is 1.55. The highest BCUT2D eigenvalue weighted by atomic mass is 35.5. The molecule has 0 aliphatic carbocycles. The van der Waals surface area contributed by atoms with Gasteiger partial charge >= 0.3 is 0 Å². The van der Waals surface area contributed by atoms with E-state index in [4.69, 9.17) is 16.3 Å². The molecule has 1 rings (SSSR count). The third kappa shape index (κ3) is 3.81. The second kappa shape index (κ2) is 7.11. The third-order valence-corrected chi connectivity index (χ3v) is 2.94. The van der Waals surface area contributed by atoms with Gasteiger partial charge < -0.3 is 15.2 Å². The molecule has 1 aromatic rings. The van der Waals surface area contributed by atoms with Crippen molar-refractivity contribution in [2.45, 2.75) is 25.8 Å². The Morgan fingerprint density at radius 1 is 1.56 bits per heavy atom. The Morgan fingerprint density at radius 2 is 2.28 bits per heavy atom. The first-order valence-electron chi connectivity index (χ1n) is 5.86. The average Bonchev–Trinajstić information content (AvgIpc) is 2.37. The largest absolute Gasteiger partial charge is 0.504 e. The molecule has 0 fully saturated rings. The zero-order valence-electron chi connectivity index (χ0n) is 10.6. The third-order valence-electron chi connectivity index (χ3n) is 2.73. The van der Waals surface area contributed by atoms with Crippen molar-refractivity contribution in [3.63, 3.8) is 0 Å². The number of carbonyl (C=O) groups excluding carboxylic acids is 1. The van der Waals surface area contributed by atoms with Crippen molar-refractivity contribution in [2.24, 2.45) is 0 Å². The quantitative estimate of drug-likeness (QED) is 0.782. The summed E-state index contributed by atoms with van der Waals surface area (Å²) < 4.78 is 4.92. The van der Waals surface area contributed by atoms with Crippen molar-refractivity contribution in [3.05, 3.63) is 23.8 Å². The van der Waals surface area contributed by atoms with Gasteiger partial charge in [0.15, 0.2) is 11.5 Å². The summed E-state index contributed by atoms with van der Waals surface area (Å²) in [5.41, 5.74) is 0.404. The molecule has 0 aromatic heterocycles. The Balaban J connectivity index is 2.74. The van der Waals surface area contributed by atoms with Crippen LogP contribution in [-0.2, 0) is 0 Å². The van der Waals surface area contributed by atoms with Gasteiger partial charge in [-0.05, 0) is 31.0 Å². The smallest absolute Gasteiger partial charge is 0.251 e. The summed E-state index contributed by atoms with van der Waals surface area (Å²) in [6, 6.07) is 4.62. The average molecular weight is 272 g/mol. The number of halogens is 1. The first-order chi connectivity index (χ1) is 8.62. The maximum absolute atomic E-state index is 11.9. The zero-order valence-corrected chi connectivity index (χ0v) is 11.3. The summed E-state index contributed by atoms with van der Waals surface area (Å²) >= 11 is 5.66. The fourth-order valence-electron chi connectivity index (χ4n) is 1.61. The minimum Gasteiger partial charge on any atom is -0.504 e. The molecule has 5 heteroatoms. The number of carbonyl (C=O) groups is 1. The molecule has 0 saturated carbocycles. The van der Waals surface area contributed by atoms with Crippen LogP contribution < -0.4 is 10.1 Å². The molecule has 1 atom stereocenters. The van der Waals surface area contributed by atoms with Gasteiger partial charge in [0.25, 0.3) is 5.91 Å². The number of hydrogen-bond acceptors (Lipinski definition) is 3. The number of rotatable bonds is 6. The van der Waals surface area contributed by atoms with Crippen LogP contribution in [0.3, 0.4) is 0 Å². The number of ether oxygens (including phenoxy) is 1. The van der Waals surface area contributed by atoms with Crippen LogP contribution in [0.15, 0.2) is 18.2 Å². The first kappa shape index (κ1) is 14.6. The fraction of sp³-hybridized carbons (Fsp3) is 0.462. The van der Waals surface area contributed by atoms with Gasteiger partial charge in [0, 0.05) is 17.5 Å². The molecule has 100 valence electrons. The molecule has 1 unspecified atom stereocenters. The van der Waals surface area contributed by atoms with Crippen LogP contribution >= 0.6 is 11.6 Å². The van der Waals surface area contributed by atoms with Crippen molar-refractivity contribution in [1.82, 2.24) is 5.32 Å². The molecule has 0 spiro atoms. The molecule has 4 nitrogen and oxygen atoms in total. The van der Waals surface area contributed by atoms with E-state index in [2.05, 4.69) is 5.32 Å². The monoisotopic (exact) mass is 271 g/mol. The summed E-state index contributed by atoms with van der Waals surface area (Å²) in [5.74, 6) is 0.590. The summed E-state index contributed by atoms with van der Waals surface area (Å²) in [6.45, 7) is 1.99. The predicted molar refractivity (Wildman–Crippen MR) is 71.5 cm³/mol. The van der Waals surface area contributed by atoms with Crippen LogP contribution in [0, 0.1) is 0 Å². The standard InChI is InChI=1S/C13H18ClNO3/c1-3-10(6-7-14)15-13(17)9-4-5-12(18-2)11(16)8-9/h4-5,8,10,16H,3,6-7H2,1-2H3,(H,15,17). The van der Waals surface area contributed by atoms with E-state index in [1.807, 2.05) is 6.92 Å². The first-order valence-corrected chi connectivity index (χ1v) is 6.39. The maximum atomic E-state index is 11.9. The molecule has 0 bridgehead atoms. The Morgan fingerprint density at radius 3 is 2.78 bits per heavy atom. The number of aromatic hydroxyl groups is 1. The van der Waals surface area contributed by atoms with E-state index in [-0.39, 0.29) is 17.7 Å². The van der Waals surface area contributed by atoms with E-state index in [9.17, 15) is 9.90 Å². The van der Waals surface area contributed by atoms with Crippen LogP contribution in [0.5, 0.6) is 11.5 Å². The van der Waals surface area contributed by atoms with Gasteiger partial charge in [-0.3, -0.25) is 4.79 Å². The molecule has 0 saturated heterocycles. The van der Waals surface area contributed by atoms with Crippen molar-refractivity contribution < 1.29 is 14.6 Å². The van der Waals surface area contributed by atoms with Crippen LogP contribution in [-0.4, -0.2) is 30.0 Å². The number of phenols is 1. The van der Waals surface area contributed by atoms with E-state index in [0.717, 1.165) is 12.8 Å². The Kier molecular flexibility index (Phi) is 5.78. The van der Waals surface area contributed by atoms with Gasteiger partial charge in [-0.1, -0.05) is 6.92 Å². The van der Waals surface area contributed by atoms with Crippen molar-refractivity contribution >= 4 is 17.5 Å². The van der Waals surface area contributed by atoms with Crippen LogP contribution in [0.1, 0.15) is 30.1 Å². The lowest BCUT2D eigenvalue weighted by atomic mass is 10.1. The highest BCUT2D eigenvalue weighted by Crippen LogP contribution is 2.26. The number of amides is 1. The van der Waals surface area contributed by atoms with E-state index in [0.29, 0.717) is 17.2 Å². The molecule has 1 aromatic carbocycles. The Hall–Kier alpha value is -1.42. The highest BCUT2D eigenvalue weighted by Gasteiger charge is 2.13. The minimum atomic E-state index is -0.218. The van der Waals surface area contributed by atoms with Crippen LogP contribution in [0.25, 0.3) is 0 Å². The molecule has 2 N–H and O–H groups in total. The number of hydrogen-bond donors (Lipinski definition) is 2. The zero-order chi connectivity index (χ0) is 13.5. The fourth-order valence-corrected chi connectivity index (χ4v) is 1.87. The normalized spacial score (nSPS) is 11.9. The second-order valence-electron chi connectivity index (χ2n) is 3.94. The van der Waals surface area contributed by atoms with Gasteiger partial charge in [0.2, 0.25) is 0 Å². The molecule has 18 heavy (non-hydrogen) atoms. The van der Waals surface area contributed by atoms with Crippen LogP contribution in [0.4, 0.5) is 0 Å². The van der Waals surface area contributed by atoms with Crippen molar-refractivity contribution in [2.75, 3.05) is 13.0 Å². The molecular formula is C13H18ClNO3. The number of benzene rings is 1. The maximum Gasteiger partial charge on any atom is 0.251 e. The van der Waals surface area contributed by atoms with Gasteiger partial charge in [-0.25, -0.2) is 0 Å². The summed E-state index contributed by atoms with van der Waals surface area (Å²) in [7, 11) is 1.46. The summed E-state index contributed by atoms with van der Waals surface area (Å²) in [4.78, 5) is 11.9. The molecular weight excluding hydrogens is 254 g/mol. The minimum absolute atomic E-state index is 0.0458. The number of phenolic OH excluding ortho intramolecular Hbond substituents is 1. The molecule has 0 aliphatic heterocycles. The van der Waals surface area contributed by atoms with Gasteiger partial charge in [0.1, 0.15) is 0 Å². The molecule has 1 amide bonds. The Bertz CT molecular complexity index is 409. The highest BCUT2D eigenvalue weighted by molar-refractivity contribution is 6.17. The van der Waals surface area contributed by atoms with E-state index < -0.39 is 0 Å². The van der Waals surface area contributed by atoms with E-state index in [1.165, 1.54) is 13.2 Å². The van der Waals surface area contributed by atoms with Gasteiger partial charge in [-0.2, -0.15) is 0 Å².